The second-order valence-corrected chi connectivity index (χ2v) is 4.70. The van der Waals surface area contributed by atoms with Gasteiger partial charge in [-0.2, -0.15) is 0 Å². The summed E-state index contributed by atoms with van der Waals surface area (Å²) >= 11 is 0. The van der Waals surface area contributed by atoms with Crippen molar-refractivity contribution >= 4 is 17.8 Å². The van der Waals surface area contributed by atoms with E-state index in [1.807, 2.05) is 30.3 Å². The number of benzene rings is 1. The first-order chi connectivity index (χ1) is 9.90. The Morgan fingerprint density at radius 2 is 1.81 bits per heavy atom. The average molecular weight is 293 g/mol. The van der Waals surface area contributed by atoms with Crippen molar-refractivity contribution in [1.29, 1.82) is 0 Å². The first-order valence-electron chi connectivity index (χ1n) is 6.51. The lowest BCUT2D eigenvalue weighted by molar-refractivity contribution is -0.142. The molecule has 0 aromatic heterocycles. The molecule has 1 rings (SSSR count). The maximum atomic E-state index is 11.9. The Kier molecular flexibility index (Phi) is 6.35. The fraction of sp³-hybridized carbons (Fsp3) is 0.357. The SMILES string of the molecule is NC(=O)CCC(NC(=O)[C@H](N)Cc1ccccc1)C(=O)O. The minimum absolute atomic E-state index is 0.0610. The van der Waals surface area contributed by atoms with Crippen LogP contribution in [0.25, 0.3) is 0 Å². The molecule has 6 N–H and O–H groups in total. The Morgan fingerprint density at radius 3 is 2.33 bits per heavy atom. The van der Waals surface area contributed by atoms with Crippen LogP contribution in [0.3, 0.4) is 0 Å². The molecule has 0 aliphatic heterocycles. The van der Waals surface area contributed by atoms with Crippen molar-refractivity contribution in [3.63, 3.8) is 0 Å². The fourth-order valence-electron chi connectivity index (χ4n) is 1.78. The third kappa shape index (κ3) is 6.05. The number of carbonyl (C=O) groups excluding carboxylic acids is 2. The molecule has 0 bridgehead atoms. The van der Waals surface area contributed by atoms with Crippen LogP contribution in [0, 0.1) is 0 Å². The number of carbonyl (C=O) groups is 3. The van der Waals surface area contributed by atoms with Crippen LogP contribution in [-0.4, -0.2) is 35.0 Å². The summed E-state index contributed by atoms with van der Waals surface area (Å²) in [6, 6.07) is 7.12. The summed E-state index contributed by atoms with van der Waals surface area (Å²) in [5.41, 5.74) is 11.6. The maximum Gasteiger partial charge on any atom is 0.326 e. The minimum atomic E-state index is -1.23. The summed E-state index contributed by atoms with van der Waals surface area (Å²) in [5, 5.41) is 11.3. The molecule has 1 aromatic carbocycles. The summed E-state index contributed by atoms with van der Waals surface area (Å²) in [4.78, 5) is 33.6. The molecule has 21 heavy (non-hydrogen) atoms. The van der Waals surface area contributed by atoms with Gasteiger partial charge in [-0.15, -0.1) is 0 Å². The number of rotatable bonds is 8. The van der Waals surface area contributed by atoms with Gasteiger partial charge in [-0.05, 0) is 18.4 Å². The van der Waals surface area contributed by atoms with Crippen molar-refractivity contribution in [3.05, 3.63) is 35.9 Å². The van der Waals surface area contributed by atoms with Crippen LogP contribution >= 0.6 is 0 Å². The summed E-state index contributed by atoms with van der Waals surface area (Å²) < 4.78 is 0. The van der Waals surface area contributed by atoms with Gasteiger partial charge in [0.15, 0.2) is 0 Å². The highest BCUT2D eigenvalue weighted by Gasteiger charge is 2.23. The third-order valence-corrected chi connectivity index (χ3v) is 2.93. The number of carboxylic acid groups (broad SMARTS) is 1. The zero-order valence-corrected chi connectivity index (χ0v) is 11.5. The Balaban J connectivity index is 2.56. The van der Waals surface area contributed by atoms with Gasteiger partial charge < -0.3 is 21.9 Å². The molecule has 0 fully saturated rings. The smallest absolute Gasteiger partial charge is 0.326 e. The number of nitrogens with one attached hydrogen (secondary N) is 1. The summed E-state index contributed by atoms with van der Waals surface area (Å²) in [6.45, 7) is 0. The molecule has 0 saturated carbocycles. The van der Waals surface area contributed by atoms with Crippen molar-refractivity contribution in [1.82, 2.24) is 5.32 Å². The van der Waals surface area contributed by atoms with E-state index in [9.17, 15) is 14.4 Å². The van der Waals surface area contributed by atoms with Gasteiger partial charge in [0.2, 0.25) is 11.8 Å². The number of hydrogen-bond donors (Lipinski definition) is 4. The number of hydrogen-bond acceptors (Lipinski definition) is 4. The van der Waals surface area contributed by atoms with Crippen molar-refractivity contribution in [2.75, 3.05) is 0 Å². The average Bonchev–Trinajstić information content (AvgIpc) is 2.43. The zero-order valence-electron chi connectivity index (χ0n) is 11.5. The molecule has 2 atom stereocenters. The third-order valence-electron chi connectivity index (χ3n) is 2.93. The Hall–Kier alpha value is -2.41. The lowest BCUT2D eigenvalue weighted by Crippen LogP contribution is -2.49. The van der Waals surface area contributed by atoms with Gasteiger partial charge in [-0.1, -0.05) is 30.3 Å². The quantitative estimate of drug-likeness (QED) is 0.507. The Bertz CT molecular complexity index is 504. The molecule has 0 saturated heterocycles. The van der Waals surface area contributed by atoms with E-state index in [2.05, 4.69) is 5.32 Å². The Labute approximate surface area is 122 Å². The summed E-state index contributed by atoms with van der Waals surface area (Å²) in [7, 11) is 0. The molecule has 114 valence electrons. The number of aliphatic carboxylic acids is 1. The van der Waals surface area contributed by atoms with Crippen LogP contribution in [0.15, 0.2) is 30.3 Å². The maximum absolute atomic E-state index is 11.9. The van der Waals surface area contributed by atoms with Gasteiger partial charge in [0.05, 0.1) is 6.04 Å². The lowest BCUT2D eigenvalue weighted by Gasteiger charge is -2.17. The molecular weight excluding hydrogens is 274 g/mol. The molecule has 1 unspecified atom stereocenters. The van der Waals surface area contributed by atoms with Gasteiger partial charge in [0.25, 0.3) is 0 Å². The van der Waals surface area contributed by atoms with Crippen molar-refractivity contribution < 1.29 is 19.5 Å². The Morgan fingerprint density at radius 1 is 1.19 bits per heavy atom. The van der Waals surface area contributed by atoms with Gasteiger partial charge in [-0.3, -0.25) is 9.59 Å². The molecule has 0 aliphatic carbocycles. The van der Waals surface area contributed by atoms with Crippen molar-refractivity contribution in [2.45, 2.75) is 31.3 Å². The first kappa shape index (κ1) is 16.6. The second-order valence-electron chi connectivity index (χ2n) is 4.70. The van der Waals surface area contributed by atoms with E-state index in [0.29, 0.717) is 6.42 Å². The minimum Gasteiger partial charge on any atom is -0.480 e. The molecule has 0 spiro atoms. The standard InChI is InChI=1S/C14H19N3O4/c15-10(8-9-4-2-1-3-5-9)13(19)17-11(14(20)21)6-7-12(16)18/h1-5,10-11H,6-8,15H2,(H2,16,18)(H,17,19)(H,20,21)/t10-,11?/m1/s1. The number of carboxylic acids is 1. The first-order valence-corrected chi connectivity index (χ1v) is 6.51. The molecule has 2 amide bonds. The van der Waals surface area contributed by atoms with E-state index in [0.717, 1.165) is 5.56 Å². The number of amides is 2. The van der Waals surface area contributed by atoms with Crippen LogP contribution in [-0.2, 0) is 20.8 Å². The van der Waals surface area contributed by atoms with E-state index in [4.69, 9.17) is 16.6 Å². The van der Waals surface area contributed by atoms with E-state index in [1.54, 1.807) is 0 Å². The van der Waals surface area contributed by atoms with E-state index in [1.165, 1.54) is 0 Å². The zero-order chi connectivity index (χ0) is 15.8. The molecule has 0 radical (unpaired) electrons. The monoisotopic (exact) mass is 293 g/mol. The van der Waals surface area contributed by atoms with Crippen molar-refractivity contribution in [3.8, 4) is 0 Å². The summed E-state index contributed by atoms with van der Waals surface area (Å²) in [6.07, 6.45) is 0.120. The molecule has 1 aromatic rings. The van der Waals surface area contributed by atoms with E-state index < -0.39 is 29.9 Å². The van der Waals surface area contributed by atoms with Crippen LogP contribution in [0.4, 0.5) is 0 Å². The fourth-order valence-corrected chi connectivity index (χ4v) is 1.78. The van der Waals surface area contributed by atoms with Crippen LogP contribution in [0.5, 0.6) is 0 Å². The van der Waals surface area contributed by atoms with Gasteiger partial charge in [0.1, 0.15) is 6.04 Å². The number of nitrogens with two attached hydrogens (primary N) is 2. The van der Waals surface area contributed by atoms with Crippen LogP contribution in [0.1, 0.15) is 18.4 Å². The van der Waals surface area contributed by atoms with E-state index >= 15 is 0 Å². The predicted molar refractivity (Wildman–Crippen MR) is 76.1 cm³/mol. The van der Waals surface area contributed by atoms with Gasteiger partial charge in [-0.25, -0.2) is 4.79 Å². The highest BCUT2D eigenvalue weighted by Crippen LogP contribution is 2.03. The number of primary amides is 1. The topological polar surface area (TPSA) is 136 Å². The molecule has 7 heteroatoms. The predicted octanol–water partition coefficient (Wildman–Crippen LogP) is -0.609. The lowest BCUT2D eigenvalue weighted by atomic mass is 10.1. The van der Waals surface area contributed by atoms with Gasteiger partial charge >= 0.3 is 5.97 Å². The van der Waals surface area contributed by atoms with E-state index in [-0.39, 0.29) is 12.8 Å². The van der Waals surface area contributed by atoms with Gasteiger partial charge in [0, 0.05) is 6.42 Å². The largest absolute Gasteiger partial charge is 0.480 e. The normalized spacial score (nSPS) is 13.2. The molecule has 7 nitrogen and oxygen atoms in total. The summed E-state index contributed by atoms with van der Waals surface area (Å²) in [5.74, 6) is -2.42. The highest BCUT2D eigenvalue weighted by atomic mass is 16.4. The molecule has 0 aliphatic rings. The second kappa shape index (κ2) is 8.01. The van der Waals surface area contributed by atoms with Crippen molar-refractivity contribution in [2.24, 2.45) is 11.5 Å². The molecular formula is C14H19N3O4. The highest BCUT2D eigenvalue weighted by molar-refractivity contribution is 5.87. The molecule has 0 heterocycles. The van der Waals surface area contributed by atoms with Crippen LogP contribution < -0.4 is 16.8 Å². The van der Waals surface area contributed by atoms with Crippen LogP contribution in [0.2, 0.25) is 0 Å².